The van der Waals surface area contributed by atoms with Crippen LogP contribution in [0.25, 0.3) is 0 Å². The van der Waals surface area contributed by atoms with Gasteiger partial charge in [-0.3, -0.25) is 4.21 Å². The lowest BCUT2D eigenvalue weighted by molar-refractivity contribution is 0.627. The predicted molar refractivity (Wildman–Crippen MR) is 76.8 cm³/mol. The van der Waals surface area contributed by atoms with Gasteiger partial charge in [-0.25, -0.2) is 4.39 Å². The summed E-state index contributed by atoms with van der Waals surface area (Å²) in [7, 11) is -1.27. The smallest absolute Gasteiger partial charge is 0.125 e. The number of hydrogen-bond donors (Lipinski definition) is 1. The summed E-state index contributed by atoms with van der Waals surface area (Å²) in [5.74, 6) is -0.0146. The number of nitrogens with two attached hydrogens (primary N) is 1. The van der Waals surface area contributed by atoms with E-state index in [4.69, 9.17) is 5.73 Å². The molecule has 2 rings (SSSR count). The molecule has 1 unspecified atom stereocenters. The molecule has 0 radical (unpaired) electrons. The fraction of sp³-hybridized carbons (Fsp3) is 0.200. The molecule has 100 valence electrons. The van der Waals surface area contributed by atoms with Gasteiger partial charge in [-0.05, 0) is 48.7 Å². The fourth-order valence-electron chi connectivity index (χ4n) is 2.01. The van der Waals surface area contributed by atoms with Crippen molar-refractivity contribution in [1.82, 2.24) is 0 Å². The molecule has 2 aromatic carbocycles. The van der Waals surface area contributed by atoms with E-state index in [2.05, 4.69) is 0 Å². The van der Waals surface area contributed by atoms with Crippen LogP contribution in [0.2, 0.25) is 0 Å². The van der Waals surface area contributed by atoms with Gasteiger partial charge in [-0.2, -0.15) is 0 Å². The van der Waals surface area contributed by atoms with Crippen molar-refractivity contribution in [3.63, 3.8) is 0 Å². The van der Waals surface area contributed by atoms with E-state index in [9.17, 15) is 8.60 Å². The molecular formula is C15H16FNOS. The van der Waals surface area contributed by atoms with Crippen LogP contribution in [0, 0.1) is 19.7 Å². The molecule has 19 heavy (non-hydrogen) atoms. The molecule has 2 N–H and O–H groups in total. The van der Waals surface area contributed by atoms with Crippen LogP contribution in [0.1, 0.15) is 16.7 Å². The van der Waals surface area contributed by atoms with Gasteiger partial charge in [0.25, 0.3) is 0 Å². The quantitative estimate of drug-likeness (QED) is 0.874. The average molecular weight is 277 g/mol. The molecule has 0 heterocycles. The second-order valence-electron chi connectivity index (χ2n) is 4.54. The van der Waals surface area contributed by atoms with E-state index < -0.39 is 16.6 Å². The van der Waals surface area contributed by atoms with Crippen LogP contribution >= 0.6 is 0 Å². The molecule has 0 bridgehead atoms. The maximum Gasteiger partial charge on any atom is 0.125 e. The highest BCUT2D eigenvalue weighted by atomic mass is 32.2. The first-order valence-corrected chi connectivity index (χ1v) is 7.29. The molecule has 0 fully saturated rings. The summed E-state index contributed by atoms with van der Waals surface area (Å²) < 4.78 is 25.3. The lowest BCUT2D eigenvalue weighted by atomic mass is 10.1. The molecule has 0 aliphatic rings. The van der Waals surface area contributed by atoms with Crippen molar-refractivity contribution in [2.75, 3.05) is 5.73 Å². The van der Waals surface area contributed by atoms with Crippen molar-refractivity contribution in [1.29, 1.82) is 0 Å². The number of nitrogen functional groups attached to an aromatic ring is 1. The van der Waals surface area contributed by atoms with Gasteiger partial charge in [-0.1, -0.05) is 18.2 Å². The van der Waals surface area contributed by atoms with Gasteiger partial charge in [0.1, 0.15) is 5.82 Å². The standard InChI is InChI=1S/C15H16FNOS/c1-10-4-3-5-11(2)13(10)9-19(18)15-7-6-12(16)8-14(15)17/h3-8H,9,17H2,1-2H3. The summed E-state index contributed by atoms with van der Waals surface area (Å²) >= 11 is 0. The van der Waals surface area contributed by atoms with Crippen molar-refractivity contribution < 1.29 is 8.60 Å². The maximum atomic E-state index is 13.0. The monoisotopic (exact) mass is 277 g/mol. The van der Waals surface area contributed by atoms with E-state index in [0.717, 1.165) is 16.7 Å². The summed E-state index contributed by atoms with van der Waals surface area (Å²) in [5, 5.41) is 0. The Balaban J connectivity index is 2.31. The van der Waals surface area contributed by atoms with Gasteiger partial charge < -0.3 is 5.73 Å². The van der Waals surface area contributed by atoms with Crippen LogP contribution in [0.15, 0.2) is 41.3 Å². The normalized spacial score (nSPS) is 12.4. The molecule has 2 nitrogen and oxygen atoms in total. The first-order chi connectivity index (χ1) is 8.99. The molecule has 0 aliphatic heterocycles. The van der Waals surface area contributed by atoms with Crippen LogP contribution in [0.5, 0.6) is 0 Å². The average Bonchev–Trinajstić information content (AvgIpc) is 2.33. The molecule has 0 amide bonds. The number of rotatable bonds is 3. The predicted octanol–water partition coefficient (Wildman–Crippen LogP) is 3.33. The number of benzene rings is 2. The summed E-state index contributed by atoms with van der Waals surface area (Å²) in [6.07, 6.45) is 0. The minimum atomic E-state index is -1.27. The van der Waals surface area contributed by atoms with Crippen LogP contribution in [-0.2, 0) is 16.6 Å². The van der Waals surface area contributed by atoms with Crippen molar-refractivity contribution >= 4 is 16.5 Å². The number of anilines is 1. The topological polar surface area (TPSA) is 43.1 Å². The third-order valence-corrected chi connectivity index (χ3v) is 4.55. The van der Waals surface area contributed by atoms with Crippen molar-refractivity contribution in [3.8, 4) is 0 Å². The van der Waals surface area contributed by atoms with E-state index in [1.165, 1.54) is 18.2 Å². The Labute approximate surface area is 114 Å². The maximum absolute atomic E-state index is 13.0. The van der Waals surface area contributed by atoms with Gasteiger partial charge in [0, 0.05) is 0 Å². The highest BCUT2D eigenvalue weighted by Crippen LogP contribution is 2.23. The lowest BCUT2D eigenvalue weighted by Crippen LogP contribution is -2.04. The summed E-state index contributed by atoms with van der Waals surface area (Å²) in [6, 6.07) is 9.95. The van der Waals surface area contributed by atoms with Crippen molar-refractivity contribution in [3.05, 3.63) is 58.9 Å². The molecule has 2 aromatic rings. The van der Waals surface area contributed by atoms with Gasteiger partial charge in [0.2, 0.25) is 0 Å². The minimum absolute atomic E-state index is 0.240. The second-order valence-corrected chi connectivity index (χ2v) is 5.96. The van der Waals surface area contributed by atoms with Gasteiger partial charge in [0.05, 0.1) is 27.1 Å². The highest BCUT2D eigenvalue weighted by Gasteiger charge is 2.12. The second kappa shape index (κ2) is 5.53. The molecule has 1 atom stereocenters. The molecule has 4 heteroatoms. The lowest BCUT2D eigenvalue weighted by Gasteiger charge is -2.10. The molecule has 0 saturated carbocycles. The first kappa shape index (κ1) is 13.7. The summed E-state index contributed by atoms with van der Waals surface area (Å²) in [6.45, 7) is 3.99. The van der Waals surface area contributed by atoms with E-state index >= 15 is 0 Å². The van der Waals surface area contributed by atoms with Gasteiger partial charge >= 0.3 is 0 Å². The van der Waals surface area contributed by atoms with Crippen molar-refractivity contribution in [2.45, 2.75) is 24.5 Å². The molecule has 0 spiro atoms. The fourth-order valence-corrected chi connectivity index (χ4v) is 3.43. The van der Waals surface area contributed by atoms with Crippen molar-refractivity contribution in [2.24, 2.45) is 0 Å². The summed E-state index contributed by atoms with van der Waals surface area (Å²) in [5.41, 5.74) is 9.23. The number of halogens is 1. The Bertz CT molecular complexity index is 620. The Morgan fingerprint density at radius 1 is 1.16 bits per heavy atom. The van der Waals surface area contributed by atoms with Crippen LogP contribution < -0.4 is 5.73 Å². The van der Waals surface area contributed by atoms with E-state index in [-0.39, 0.29) is 5.69 Å². The zero-order chi connectivity index (χ0) is 14.0. The first-order valence-electron chi connectivity index (χ1n) is 5.97. The highest BCUT2D eigenvalue weighted by molar-refractivity contribution is 7.84. The molecular weight excluding hydrogens is 261 g/mol. The Hall–Kier alpha value is -1.68. The molecule has 0 aromatic heterocycles. The summed E-state index contributed by atoms with van der Waals surface area (Å²) in [4.78, 5) is 0.490. The van der Waals surface area contributed by atoms with Crippen LogP contribution in [-0.4, -0.2) is 4.21 Å². The number of aryl methyl sites for hydroxylation is 2. The van der Waals surface area contributed by atoms with Gasteiger partial charge in [-0.15, -0.1) is 0 Å². The molecule has 0 aliphatic carbocycles. The van der Waals surface area contributed by atoms with Crippen LogP contribution in [0.4, 0.5) is 10.1 Å². The largest absolute Gasteiger partial charge is 0.398 e. The van der Waals surface area contributed by atoms with E-state index in [0.29, 0.717) is 10.6 Å². The Morgan fingerprint density at radius 3 is 2.37 bits per heavy atom. The van der Waals surface area contributed by atoms with Crippen LogP contribution in [0.3, 0.4) is 0 Å². The zero-order valence-corrected chi connectivity index (χ0v) is 11.8. The third kappa shape index (κ3) is 3.01. The molecule has 0 saturated heterocycles. The third-order valence-electron chi connectivity index (χ3n) is 3.14. The van der Waals surface area contributed by atoms with Gasteiger partial charge in [0.15, 0.2) is 0 Å². The number of hydrogen-bond acceptors (Lipinski definition) is 2. The van der Waals surface area contributed by atoms with E-state index in [1.54, 1.807) is 0 Å². The van der Waals surface area contributed by atoms with E-state index in [1.807, 2.05) is 32.0 Å². The minimum Gasteiger partial charge on any atom is -0.398 e. The SMILES string of the molecule is Cc1cccc(C)c1CS(=O)c1ccc(F)cc1N. The zero-order valence-electron chi connectivity index (χ0n) is 10.9. The Morgan fingerprint density at radius 2 is 1.79 bits per heavy atom. The Kier molecular flexibility index (Phi) is 4.00.